The SMILES string of the molecule is Cc1noc(C)c1CCC(=O)NCC1CCCN1c1nc2ccccc2o1. The zero-order chi connectivity index (χ0) is 18.8. The number of benzene rings is 1. The lowest BCUT2D eigenvalue weighted by Gasteiger charge is -2.23. The van der Waals surface area contributed by atoms with E-state index in [-0.39, 0.29) is 11.9 Å². The Hall–Kier alpha value is -2.83. The van der Waals surface area contributed by atoms with Crippen LogP contribution in [0.15, 0.2) is 33.2 Å². The quantitative estimate of drug-likeness (QED) is 0.719. The summed E-state index contributed by atoms with van der Waals surface area (Å²) in [6, 6.07) is 8.62. The number of aryl methyl sites for hydroxylation is 2. The molecule has 1 aromatic carbocycles. The fourth-order valence-corrected chi connectivity index (χ4v) is 3.70. The number of aromatic nitrogens is 2. The molecule has 0 spiro atoms. The van der Waals surface area contributed by atoms with Gasteiger partial charge in [-0.3, -0.25) is 4.79 Å². The molecule has 1 unspecified atom stereocenters. The number of para-hydroxylation sites is 2. The van der Waals surface area contributed by atoms with Crippen molar-refractivity contribution in [3.8, 4) is 0 Å². The summed E-state index contributed by atoms with van der Waals surface area (Å²) in [6.45, 7) is 5.27. The lowest BCUT2D eigenvalue weighted by Crippen LogP contribution is -2.40. The summed E-state index contributed by atoms with van der Waals surface area (Å²) in [4.78, 5) is 19.0. The van der Waals surface area contributed by atoms with Crippen molar-refractivity contribution in [3.63, 3.8) is 0 Å². The molecule has 7 nitrogen and oxygen atoms in total. The zero-order valence-corrected chi connectivity index (χ0v) is 15.7. The predicted molar refractivity (Wildman–Crippen MR) is 102 cm³/mol. The number of anilines is 1. The highest BCUT2D eigenvalue weighted by Crippen LogP contribution is 2.28. The van der Waals surface area contributed by atoms with Gasteiger partial charge >= 0.3 is 0 Å². The molecule has 7 heteroatoms. The van der Waals surface area contributed by atoms with Gasteiger partial charge in [-0.05, 0) is 45.2 Å². The van der Waals surface area contributed by atoms with Crippen molar-refractivity contribution >= 4 is 23.0 Å². The summed E-state index contributed by atoms with van der Waals surface area (Å²) in [5.41, 5.74) is 3.54. The molecule has 3 aromatic rings. The van der Waals surface area contributed by atoms with Crippen LogP contribution in [0.1, 0.15) is 36.3 Å². The Morgan fingerprint density at radius 1 is 1.33 bits per heavy atom. The van der Waals surface area contributed by atoms with Crippen LogP contribution in [0.5, 0.6) is 0 Å². The molecule has 0 radical (unpaired) electrons. The van der Waals surface area contributed by atoms with Gasteiger partial charge in [0.05, 0.1) is 11.7 Å². The molecule has 3 heterocycles. The van der Waals surface area contributed by atoms with Gasteiger partial charge in [0, 0.05) is 25.1 Å². The number of nitrogens with zero attached hydrogens (tertiary/aromatic N) is 3. The van der Waals surface area contributed by atoms with Crippen LogP contribution in [0.4, 0.5) is 6.01 Å². The van der Waals surface area contributed by atoms with E-state index in [0.717, 1.165) is 47.5 Å². The Labute approximate surface area is 157 Å². The second-order valence-corrected chi connectivity index (χ2v) is 7.06. The van der Waals surface area contributed by atoms with Crippen molar-refractivity contribution < 1.29 is 13.7 Å². The molecule has 1 saturated heterocycles. The van der Waals surface area contributed by atoms with Crippen molar-refractivity contribution in [1.29, 1.82) is 0 Å². The normalized spacial score (nSPS) is 17.0. The summed E-state index contributed by atoms with van der Waals surface area (Å²) in [5, 5.41) is 6.99. The highest BCUT2D eigenvalue weighted by atomic mass is 16.5. The van der Waals surface area contributed by atoms with Gasteiger partial charge < -0.3 is 19.2 Å². The van der Waals surface area contributed by atoms with E-state index in [4.69, 9.17) is 8.94 Å². The fraction of sp³-hybridized carbons (Fsp3) is 0.450. The van der Waals surface area contributed by atoms with Crippen LogP contribution in [-0.2, 0) is 11.2 Å². The number of nitrogens with one attached hydrogen (secondary N) is 1. The highest BCUT2D eigenvalue weighted by molar-refractivity contribution is 5.76. The molecule has 142 valence electrons. The van der Waals surface area contributed by atoms with E-state index < -0.39 is 0 Å². The van der Waals surface area contributed by atoms with Gasteiger partial charge in [0.15, 0.2) is 5.58 Å². The van der Waals surface area contributed by atoms with Crippen LogP contribution in [0.25, 0.3) is 11.1 Å². The van der Waals surface area contributed by atoms with Gasteiger partial charge in [-0.2, -0.15) is 4.98 Å². The maximum absolute atomic E-state index is 12.3. The van der Waals surface area contributed by atoms with E-state index in [1.165, 1.54) is 0 Å². The molecule has 2 aromatic heterocycles. The third-order valence-electron chi connectivity index (χ3n) is 5.22. The third kappa shape index (κ3) is 3.67. The average Bonchev–Trinajstić information content (AvgIpc) is 3.37. The van der Waals surface area contributed by atoms with Crippen LogP contribution in [-0.4, -0.2) is 35.2 Å². The molecule has 0 saturated carbocycles. The Morgan fingerprint density at radius 2 is 2.19 bits per heavy atom. The highest BCUT2D eigenvalue weighted by Gasteiger charge is 2.28. The Bertz CT molecular complexity index is 893. The maximum Gasteiger partial charge on any atom is 0.298 e. The summed E-state index contributed by atoms with van der Waals surface area (Å²) in [7, 11) is 0. The van der Waals surface area contributed by atoms with Gasteiger partial charge in [0.25, 0.3) is 6.01 Å². The first-order chi connectivity index (χ1) is 13.1. The molecule has 1 aliphatic rings. The molecule has 1 atom stereocenters. The van der Waals surface area contributed by atoms with E-state index in [2.05, 4.69) is 20.4 Å². The van der Waals surface area contributed by atoms with E-state index in [1.54, 1.807) is 0 Å². The van der Waals surface area contributed by atoms with E-state index in [1.807, 2.05) is 38.1 Å². The Kier molecular flexibility index (Phi) is 4.83. The lowest BCUT2D eigenvalue weighted by atomic mass is 10.1. The van der Waals surface area contributed by atoms with Gasteiger partial charge in [-0.1, -0.05) is 17.3 Å². The smallest absolute Gasteiger partial charge is 0.298 e. The molecule has 0 bridgehead atoms. The van der Waals surface area contributed by atoms with Crippen LogP contribution in [0.2, 0.25) is 0 Å². The summed E-state index contributed by atoms with van der Waals surface area (Å²) in [5.74, 6) is 0.831. The molecule has 1 amide bonds. The van der Waals surface area contributed by atoms with Gasteiger partial charge in [0.2, 0.25) is 5.91 Å². The predicted octanol–water partition coefficient (Wildman–Crippen LogP) is 3.15. The van der Waals surface area contributed by atoms with E-state index >= 15 is 0 Å². The largest absolute Gasteiger partial charge is 0.423 e. The van der Waals surface area contributed by atoms with Crippen molar-refractivity contribution in [1.82, 2.24) is 15.5 Å². The minimum Gasteiger partial charge on any atom is -0.423 e. The van der Waals surface area contributed by atoms with Crippen LogP contribution < -0.4 is 10.2 Å². The molecular weight excluding hydrogens is 344 g/mol. The minimum atomic E-state index is 0.0411. The Morgan fingerprint density at radius 3 is 2.96 bits per heavy atom. The summed E-state index contributed by atoms with van der Waals surface area (Å²) >= 11 is 0. The second-order valence-electron chi connectivity index (χ2n) is 7.06. The molecule has 1 aliphatic heterocycles. The first-order valence-electron chi connectivity index (χ1n) is 9.42. The molecule has 1 N–H and O–H groups in total. The number of fused-ring (bicyclic) bond motifs is 1. The molecular formula is C20H24N4O3. The fourth-order valence-electron chi connectivity index (χ4n) is 3.70. The molecule has 1 fully saturated rings. The summed E-state index contributed by atoms with van der Waals surface area (Å²) in [6.07, 6.45) is 3.16. The molecule has 27 heavy (non-hydrogen) atoms. The monoisotopic (exact) mass is 368 g/mol. The van der Waals surface area contributed by atoms with Crippen molar-refractivity contribution in [2.45, 2.75) is 45.6 Å². The topological polar surface area (TPSA) is 84.4 Å². The van der Waals surface area contributed by atoms with Crippen LogP contribution in [0, 0.1) is 13.8 Å². The number of rotatable bonds is 6. The third-order valence-corrected chi connectivity index (χ3v) is 5.22. The number of hydrogen-bond acceptors (Lipinski definition) is 6. The van der Waals surface area contributed by atoms with E-state index in [9.17, 15) is 4.79 Å². The first kappa shape index (κ1) is 17.6. The number of carbonyl (C=O) groups is 1. The van der Waals surface area contributed by atoms with E-state index in [0.29, 0.717) is 25.4 Å². The van der Waals surface area contributed by atoms with Gasteiger partial charge in [-0.15, -0.1) is 0 Å². The second kappa shape index (κ2) is 7.42. The lowest BCUT2D eigenvalue weighted by molar-refractivity contribution is -0.121. The molecule has 0 aliphatic carbocycles. The van der Waals surface area contributed by atoms with Gasteiger partial charge in [-0.25, -0.2) is 0 Å². The molecule has 4 rings (SSSR count). The number of amides is 1. The maximum atomic E-state index is 12.3. The standard InChI is InChI=1S/C20H24N4O3/c1-13-16(14(2)27-23-13)9-10-19(25)21-12-15-6-5-11-24(15)20-22-17-7-3-4-8-18(17)26-20/h3-4,7-8,15H,5-6,9-12H2,1-2H3,(H,21,25). The first-order valence-corrected chi connectivity index (χ1v) is 9.42. The van der Waals surface area contributed by atoms with Crippen LogP contribution >= 0.6 is 0 Å². The number of hydrogen-bond donors (Lipinski definition) is 1. The van der Waals surface area contributed by atoms with Crippen molar-refractivity contribution in [2.24, 2.45) is 0 Å². The minimum absolute atomic E-state index is 0.0411. The van der Waals surface area contributed by atoms with Crippen molar-refractivity contribution in [3.05, 3.63) is 41.3 Å². The van der Waals surface area contributed by atoms with Gasteiger partial charge in [0.1, 0.15) is 11.3 Å². The number of carbonyl (C=O) groups excluding carboxylic acids is 1. The van der Waals surface area contributed by atoms with Crippen LogP contribution in [0.3, 0.4) is 0 Å². The zero-order valence-electron chi connectivity index (χ0n) is 15.7. The summed E-state index contributed by atoms with van der Waals surface area (Å²) < 4.78 is 11.0. The number of oxazole rings is 1. The average molecular weight is 368 g/mol. The van der Waals surface area contributed by atoms with Crippen molar-refractivity contribution in [2.75, 3.05) is 18.0 Å². The Balaban J connectivity index is 1.33.